The first-order valence-electron chi connectivity index (χ1n) is 6.73. The molecular formula is C16H17F3N2. The number of halogens is 3. The van der Waals surface area contributed by atoms with Crippen molar-refractivity contribution in [1.29, 1.82) is 0 Å². The largest absolute Gasteiger partial charge is 0.433 e. The Labute approximate surface area is 122 Å². The Morgan fingerprint density at radius 3 is 2.38 bits per heavy atom. The van der Waals surface area contributed by atoms with Crippen molar-refractivity contribution >= 4 is 0 Å². The molecule has 0 atom stereocenters. The fraction of sp³-hybridized carbons (Fsp3) is 0.312. The van der Waals surface area contributed by atoms with E-state index in [1.165, 1.54) is 12.3 Å². The summed E-state index contributed by atoms with van der Waals surface area (Å²) < 4.78 is 37.6. The summed E-state index contributed by atoms with van der Waals surface area (Å²) in [5.74, 6) is 0. The van der Waals surface area contributed by atoms with E-state index in [2.05, 4.69) is 10.3 Å². The minimum Gasteiger partial charge on any atom is -0.310 e. The first-order chi connectivity index (χ1) is 9.88. The minimum atomic E-state index is -4.41. The van der Waals surface area contributed by atoms with Gasteiger partial charge in [0.25, 0.3) is 0 Å². The van der Waals surface area contributed by atoms with Crippen LogP contribution in [0, 0.1) is 0 Å². The Hall–Kier alpha value is -1.88. The highest BCUT2D eigenvalue weighted by Gasteiger charge is 2.32. The molecule has 1 heterocycles. The number of benzene rings is 1. The van der Waals surface area contributed by atoms with Gasteiger partial charge in [-0.2, -0.15) is 13.2 Å². The third kappa shape index (κ3) is 4.04. The molecule has 0 aliphatic carbocycles. The van der Waals surface area contributed by atoms with Crippen molar-refractivity contribution < 1.29 is 13.2 Å². The Morgan fingerprint density at radius 1 is 1.10 bits per heavy atom. The van der Waals surface area contributed by atoms with E-state index >= 15 is 0 Å². The lowest BCUT2D eigenvalue weighted by Gasteiger charge is -2.13. The Morgan fingerprint density at radius 2 is 1.81 bits per heavy atom. The molecule has 0 aliphatic heterocycles. The molecule has 0 saturated carbocycles. The number of rotatable bonds is 4. The van der Waals surface area contributed by atoms with Gasteiger partial charge in [-0.15, -0.1) is 0 Å². The smallest absolute Gasteiger partial charge is 0.310 e. The van der Waals surface area contributed by atoms with E-state index in [0.717, 1.165) is 17.2 Å². The van der Waals surface area contributed by atoms with Crippen LogP contribution in [-0.4, -0.2) is 11.0 Å². The van der Waals surface area contributed by atoms with E-state index < -0.39 is 11.9 Å². The molecule has 0 amide bonds. The number of alkyl halides is 3. The highest BCUT2D eigenvalue weighted by Crippen LogP contribution is 2.29. The van der Waals surface area contributed by atoms with Gasteiger partial charge < -0.3 is 5.32 Å². The first-order valence-corrected chi connectivity index (χ1v) is 6.73. The second-order valence-electron chi connectivity index (χ2n) is 5.12. The van der Waals surface area contributed by atoms with Crippen LogP contribution >= 0.6 is 0 Å². The van der Waals surface area contributed by atoms with Crippen LogP contribution < -0.4 is 5.32 Å². The van der Waals surface area contributed by atoms with Crippen LogP contribution in [0.25, 0.3) is 11.1 Å². The van der Waals surface area contributed by atoms with Crippen LogP contribution in [0.4, 0.5) is 13.2 Å². The van der Waals surface area contributed by atoms with E-state index in [9.17, 15) is 13.2 Å². The fourth-order valence-corrected chi connectivity index (χ4v) is 1.99. The fourth-order valence-electron chi connectivity index (χ4n) is 1.99. The van der Waals surface area contributed by atoms with Gasteiger partial charge in [-0.3, -0.25) is 4.98 Å². The van der Waals surface area contributed by atoms with Gasteiger partial charge in [-0.25, -0.2) is 0 Å². The van der Waals surface area contributed by atoms with Crippen LogP contribution in [0.15, 0.2) is 42.6 Å². The van der Waals surface area contributed by atoms with Gasteiger partial charge in [0.2, 0.25) is 0 Å². The Bertz CT molecular complexity index is 589. The zero-order valence-electron chi connectivity index (χ0n) is 11.9. The highest BCUT2D eigenvalue weighted by molar-refractivity contribution is 5.66. The van der Waals surface area contributed by atoms with E-state index in [1.54, 1.807) is 0 Å². The predicted octanol–water partition coefficient (Wildman–Crippen LogP) is 4.27. The van der Waals surface area contributed by atoms with Crippen LogP contribution in [0.5, 0.6) is 0 Å². The maximum Gasteiger partial charge on any atom is 0.433 e. The van der Waals surface area contributed by atoms with Crippen molar-refractivity contribution in [3.05, 3.63) is 53.9 Å². The second-order valence-corrected chi connectivity index (χ2v) is 5.12. The molecule has 2 nitrogen and oxygen atoms in total. The average molecular weight is 294 g/mol. The van der Waals surface area contributed by atoms with Gasteiger partial charge in [0.05, 0.1) is 0 Å². The lowest BCUT2D eigenvalue weighted by atomic mass is 10.0. The summed E-state index contributed by atoms with van der Waals surface area (Å²) in [6, 6.07) is 10.4. The SMILES string of the molecule is CC(C)NCc1ccccc1-c1ccc(C(F)(F)F)nc1. The number of nitrogens with zero attached hydrogens (tertiary/aromatic N) is 1. The molecule has 112 valence electrons. The van der Waals surface area contributed by atoms with E-state index in [4.69, 9.17) is 0 Å². The molecule has 2 aromatic rings. The number of pyridine rings is 1. The van der Waals surface area contributed by atoms with Gasteiger partial charge in [-0.05, 0) is 17.2 Å². The molecule has 0 radical (unpaired) electrons. The lowest BCUT2D eigenvalue weighted by molar-refractivity contribution is -0.141. The molecular weight excluding hydrogens is 277 g/mol. The maximum absolute atomic E-state index is 12.5. The predicted molar refractivity (Wildman–Crippen MR) is 76.7 cm³/mol. The van der Waals surface area contributed by atoms with Crippen LogP contribution in [0.3, 0.4) is 0 Å². The van der Waals surface area contributed by atoms with Crippen molar-refractivity contribution in [3.8, 4) is 11.1 Å². The molecule has 0 unspecified atom stereocenters. The van der Waals surface area contributed by atoms with E-state index in [0.29, 0.717) is 18.2 Å². The normalized spacial score (nSPS) is 11.9. The molecule has 2 rings (SSSR count). The number of aromatic nitrogens is 1. The monoisotopic (exact) mass is 294 g/mol. The summed E-state index contributed by atoms with van der Waals surface area (Å²) in [6.07, 6.45) is -3.13. The number of hydrogen-bond donors (Lipinski definition) is 1. The summed E-state index contributed by atoms with van der Waals surface area (Å²) in [4.78, 5) is 3.52. The molecule has 1 N–H and O–H groups in total. The third-order valence-corrected chi connectivity index (χ3v) is 3.08. The highest BCUT2D eigenvalue weighted by atomic mass is 19.4. The van der Waals surface area contributed by atoms with Crippen molar-refractivity contribution in [2.24, 2.45) is 0 Å². The van der Waals surface area contributed by atoms with Crippen molar-refractivity contribution in [3.63, 3.8) is 0 Å². The lowest BCUT2D eigenvalue weighted by Crippen LogP contribution is -2.22. The topological polar surface area (TPSA) is 24.9 Å². The van der Waals surface area contributed by atoms with Gasteiger partial charge >= 0.3 is 6.18 Å². The van der Waals surface area contributed by atoms with E-state index in [1.807, 2.05) is 38.1 Å². The van der Waals surface area contributed by atoms with Gasteiger partial charge in [0.15, 0.2) is 0 Å². The van der Waals surface area contributed by atoms with Crippen molar-refractivity contribution in [2.75, 3.05) is 0 Å². The standard InChI is InChI=1S/C16H17F3N2/c1-11(2)20-9-12-5-3-4-6-14(12)13-7-8-15(21-10-13)16(17,18)19/h3-8,10-11,20H,9H2,1-2H3. The quantitative estimate of drug-likeness (QED) is 0.911. The number of hydrogen-bond acceptors (Lipinski definition) is 2. The van der Waals surface area contributed by atoms with Gasteiger partial charge in [0.1, 0.15) is 5.69 Å². The second kappa shape index (κ2) is 6.26. The zero-order chi connectivity index (χ0) is 15.5. The number of nitrogens with one attached hydrogen (secondary N) is 1. The van der Waals surface area contributed by atoms with Crippen molar-refractivity contribution in [1.82, 2.24) is 10.3 Å². The molecule has 0 spiro atoms. The van der Waals surface area contributed by atoms with Gasteiger partial charge in [-0.1, -0.05) is 44.2 Å². The maximum atomic E-state index is 12.5. The van der Waals surface area contributed by atoms with Crippen LogP contribution in [-0.2, 0) is 12.7 Å². The Balaban J connectivity index is 2.29. The summed E-state index contributed by atoms with van der Waals surface area (Å²) in [5.41, 5.74) is 1.74. The zero-order valence-corrected chi connectivity index (χ0v) is 11.9. The molecule has 0 saturated heterocycles. The first kappa shape index (κ1) is 15.5. The molecule has 1 aromatic carbocycles. The molecule has 0 aliphatic rings. The molecule has 21 heavy (non-hydrogen) atoms. The average Bonchev–Trinajstić information content (AvgIpc) is 2.44. The summed E-state index contributed by atoms with van der Waals surface area (Å²) in [7, 11) is 0. The summed E-state index contributed by atoms with van der Waals surface area (Å²) in [6.45, 7) is 4.75. The van der Waals surface area contributed by atoms with Gasteiger partial charge in [0, 0.05) is 24.3 Å². The molecule has 5 heteroatoms. The van der Waals surface area contributed by atoms with Crippen LogP contribution in [0.1, 0.15) is 25.1 Å². The van der Waals surface area contributed by atoms with E-state index in [-0.39, 0.29) is 0 Å². The van der Waals surface area contributed by atoms with Crippen LogP contribution in [0.2, 0.25) is 0 Å². The summed E-state index contributed by atoms with van der Waals surface area (Å²) >= 11 is 0. The molecule has 0 fully saturated rings. The third-order valence-electron chi connectivity index (χ3n) is 3.08. The Kier molecular flexibility index (Phi) is 4.63. The summed E-state index contributed by atoms with van der Waals surface area (Å²) in [5, 5.41) is 3.31. The van der Waals surface area contributed by atoms with Crippen molar-refractivity contribution in [2.45, 2.75) is 32.6 Å². The minimum absolute atomic E-state index is 0.337. The molecule has 1 aromatic heterocycles. The molecule has 0 bridgehead atoms.